The van der Waals surface area contributed by atoms with Crippen molar-refractivity contribution in [2.75, 3.05) is 31.3 Å². The average Bonchev–Trinajstić information content (AvgIpc) is 3.01. The Bertz CT molecular complexity index is 575. The number of hydrogen-bond acceptors (Lipinski definition) is 8. The molecule has 2 rings (SSSR count). The lowest BCUT2D eigenvalue weighted by Crippen LogP contribution is -2.39. The van der Waals surface area contributed by atoms with Gasteiger partial charge in [0.1, 0.15) is 5.60 Å². The molecule has 11 heteroatoms. The molecule has 0 spiro atoms. The third kappa shape index (κ3) is 19.0. The van der Waals surface area contributed by atoms with Gasteiger partial charge < -0.3 is 15.2 Å². The molecule has 2 fully saturated rings. The summed E-state index contributed by atoms with van der Waals surface area (Å²) in [6.45, 7) is 11.9. The number of rotatable bonds is 2. The Kier molecular flexibility index (Phi) is 17.1. The van der Waals surface area contributed by atoms with E-state index >= 15 is 0 Å². The van der Waals surface area contributed by atoms with Crippen LogP contribution in [0.15, 0.2) is 0 Å². The summed E-state index contributed by atoms with van der Waals surface area (Å²) in [5.74, 6) is 1.59. The van der Waals surface area contributed by atoms with Crippen LogP contribution in [-0.2, 0) is 34.3 Å². The fraction of sp³-hybridized carbons (Fsp3) is 0.944. The summed E-state index contributed by atoms with van der Waals surface area (Å²) in [4.78, 5) is 11.0. The Morgan fingerprint density at radius 2 is 1.79 bits per heavy atom. The van der Waals surface area contributed by atoms with Gasteiger partial charge in [-0.2, -0.15) is 8.42 Å². The van der Waals surface area contributed by atoms with Crippen LogP contribution in [0.25, 0.3) is 0 Å². The molecule has 2 heterocycles. The molecule has 0 bridgehead atoms. The molecule has 0 saturated carbocycles. The zero-order valence-corrected chi connectivity index (χ0v) is 18.5. The summed E-state index contributed by atoms with van der Waals surface area (Å²) in [5, 5.41) is 11.1. The van der Waals surface area contributed by atoms with Gasteiger partial charge in [-0.05, 0) is 39.5 Å². The monoisotopic (exact) mass is 463 g/mol. The Morgan fingerprint density at radius 3 is 2.00 bits per heavy atom. The molecule has 1 unspecified atom stereocenters. The second-order valence-electron chi connectivity index (χ2n) is 7.70. The maximum Gasteiger partial charge on any atom is 0.407 e. The SMILES string of the molecule is C.C.C[C@@H]1COS(=O)(=O)C1.C[C@@H]1COS(=O)C1.C[C@H](CO)NC(=O)OC(C)(C)C. The number of ether oxygens (including phenoxy) is 1. The summed E-state index contributed by atoms with van der Waals surface area (Å²) >= 11 is -0.953. The van der Waals surface area contributed by atoms with Crippen LogP contribution in [0.3, 0.4) is 0 Å². The molecule has 2 aliphatic heterocycles. The minimum absolute atomic E-state index is 0. The molecular weight excluding hydrogens is 422 g/mol. The molecule has 9 nitrogen and oxygen atoms in total. The predicted molar refractivity (Wildman–Crippen MR) is 116 cm³/mol. The van der Waals surface area contributed by atoms with Crippen LogP contribution in [0.2, 0.25) is 0 Å². The van der Waals surface area contributed by atoms with Crippen LogP contribution in [0, 0.1) is 11.8 Å². The molecule has 1 amide bonds. The van der Waals surface area contributed by atoms with Crippen molar-refractivity contribution in [3.63, 3.8) is 0 Å². The number of aliphatic hydroxyl groups is 1. The van der Waals surface area contributed by atoms with E-state index in [9.17, 15) is 17.4 Å². The summed E-state index contributed by atoms with van der Waals surface area (Å²) in [5.41, 5.74) is -0.487. The maximum absolute atomic E-state index is 11.0. The van der Waals surface area contributed by atoms with Crippen molar-refractivity contribution in [1.29, 1.82) is 0 Å². The van der Waals surface area contributed by atoms with Gasteiger partial charge in [0.05, 0.1) is 37.4 Å². The fourth-order valence-electron chi connectivity index (χ4n) is 1.74. The van der Waals surface area contributed by atoms with E-state index in [0.29, 0.717) is 19.1 Å². The first-order valence-corrected chi connectivity index (χ1v) is 11.5. The van der Waals surface area contributed by atoms with Crippen molar-refractivity contribution in [2.24, 2.45) is 11.8 Å². The van der Waals surface area contributed by atoms with E-state index in [4.69, 9.17) is 14.0 Å². The van der Waals surface area contributed by atoms with Crippen LogP contribution < -0.4 is 5.32 Å². The Balaban J connectivity index is -0.000000350. The second kappa shape index (κ2) is 15.1. The van der Waals surface area contributed by atoms with Crippen molar-refractivity contribution in [3.8, 4) is 0 Å². The molecule has 0 aromatic heterocycles. The third-order valence-electron chi connectivity index (χ3n) is 2.96. The van der Waals surface area contributed by atoms with E-state index in [1.54, 1.807) is 27.7 Å². The van der Waals surface area contributed by atoms with Gasteiger partial charge in [-0.3, -0.25) is 8.37 Å². The Hall–Kier alpha value is -0.750. The molecule has 2 saturated heterocycles. The van der Waals surface area contributed by atoms with Crippen LogP contribution >= 0.6 is 0 Å². The standard InChI is InChI=1S/C8H17NO3.C4H8O3S.C4H8O2S.2CH4/c1-6(5-10)9-7(11)12-8(2,3)4;1-4-2-7-8(5,6)3-4;1-4-2-6-7(5)3-4;;/h6,10H,5H2,1-4H3,(H,9,11);4H,2-3H2,1H3;4H,2-3H2,1H3;2*1H4/t6-;4-;4-,7?;;/m111../s1. The molecule has 4 atom stereocenters. The highest BCUT2D eigenvalue weighted by molar-refractivity contribution is 7.86. The first kappa shape index (κ1) is 32.9. The number of hydrogen-bond donors (Lipinski definition) is 2. The number of amides is 1. The lowest BCUT2D eigenvalue weighted by molar-refractivity contribution is 0.0489. The molecule has 2 aliphatic rings. The van der Waals surface area contributed by atoms with Crippen molar-refractivity contribution < 1.29 is 35.6 Å². The first-order valence-electron chi connectivity index (χ1n) is 8.73. The van der Waals surface area contributed by atoms with Gasteiger partial charge in [-0.1, -0.05) is 28.7 Å². The number of carbonyl (C=O) groups excluding carboxylic acids is 1. The van der Waals surface area contributed by atoms with Crippen molar-refractivity contribution in [3.05, 3.63) is 0 Å². The van der Waals surface area contributed by atoms with E-state index in [1.807, 2.05) is 13.8 Å². The van der Waals surface area contributed by atoms with Gasteiger partial charge in [0.25, 0.3) is 10.1 Å². The quantitative estimate of drug-likeness (QED) is 0.598. The average molecular weight is 464 g/mol. The molecule has 29 heavy (non-hydrogen) atoms. The van der Waals surface area contributed by atoms with E-state index in [2.05, 4.69) is 9.50 Å². The minimum atomic E-state index is -3.10. The highest BCUT2D eigenvalue weighted by atomic mass is 32.2. The summed E-state index contributed by atoms with van der Waals surface area (Å²) in [7, 11) is -3.10. The number of nitrogens with one attached hydrogen (secondary N) is 1. The van der Waals surface area contributed by atoms with Crippen molar-refractivity contribution >= 4 is 27.3 Å². The van der Waals surface area contributed by atoms with Crippen LogP contribution in [0.4, 0.5) is 4.79 Å². The highest BCUT2D eigenvalue weighted by Crippen LogP contribution is 2.12. The van der Waals surface area contributed by atoms with Gasteiger partial charge in [0.2, 0.25) is 0 Å². The zero-order valence-electron chi connectivity index (χ0n) is 16.9. The molecule has 0 aliphatic carbocycles. The lowest BCUT2D eigenvalue weighted by atomic mass is 10.2. The zero-order chi connectivity index (χ0) is 21.3. The van der Waals surface area contributed by atoms with Gasteiger partial charge in [-0.25, -0.2) is 9.00 Å². The van der Waals surface area contributed by atoms with Gasteiger partial charge in [0.15, 0.2) is 11.1 Å². The van der Waals surface area contributed by atoms with E-state index in [-0.39, 0.29) is 39.2 Å². The summed E-state index contributed by atoms with van der Waals surface area (Å²) < 4.78 is 45.3. The Labute approximate surface area is 179 Å². The van der Waals surface area contributed by atoms with Crippen molar-refractivity contribution in [2.45, 2.75) is 68.0 Å². The number of aliphatic hydroxyl groups excluding tert-OH is 1. The third-order valence-corrected chi connectivity index (χ3v) is 5.68. The van der Waals surface area contributed by atoms with E-state index in [1.165, 1.54) is 0 Å². The van der Waals surface area contributed by atoms with E-state index < -0.39 is 32.9 Å². The molecular formula is C18H41NO8S2. The minimum Gasteiger partial charge on any atom is -0.444 e. The van der Waals surface area contributed by atoms with Gasteiger partial charge in [-0.15, -0.1) is 0 Å². The summed E-state index contributed by atoms with van der Waals surface area (Å²) in [6, 6.07) is -0.264. The lowest BCUT2D eigenvalue weighted by Gasteiger charge is -2.21. The predicted octanol–water partition coefficient (Wildman–Crippen LogP) is 2.46. The molecule has 2 N–H and O–H groups in total. The van der Waals surface area contributed by atoms with Gasteiger partial charge in [0, 0.05) is 0 Å². The van der Waals surface area contributed by atoms with Crippen molar-refractivity contribution in [1.82, 2.24) is 5.32 Å². The number of carbonyl (C=O) groups is 1. The summed E-state index contributed by atoms with van der Waals surface area (Å²) in [6.07, 6.45) is -0.496. The van der Waals surface area contributed by atoms with E-state index in [0.717, 1.165) is 5.75 Å². The van der Waals surface area contributed by atoms with Crippen LogP contribution in [-0.4, -0.2) is 66.8 Å². The molecule has 0 aromatic carbocycles. The van der Waals surface area contributed by atoms with Crippen LogP contribution in [0.1, 0.15) is 56.4 Å². The normalized spacial score (nSPS) is 25.6. The molecule has 0 aromatic rings. The Morgan fingerprint density at radius 1 is 1.24 bits per heavy atom. The molecule has 0 radical (unpaired) electrons. The second-order valence-corrected chi connectivity index (χ2v) is 10.6. The highest BCUT2D eigenvalue weighted by Gasteiger charge is 2.24. The largest absolute Gasteiger partial charge is 0.444 e. The first-order chi connectivity index (χ1) is 12.2. The molecule has 178 valence electrons. The fourth-order valence-corrected chi connectivity index (χ4v) is 4.11. The smallest absolute Gasteiger partial charge is 0.407 e. The maximum atomic E-state index is 11.0. The van der Waals surface area contributed by atoms with Crippen LogP contribution in [0.5, 0.6) is 0 Å². The topological polar surface area (TPSA) is 128 Å². The number of alkyl carbamates (subject to hydrolysis) is 1. The van der Waals surface area contributed by atoms with Gasteiger partial charge >= 0.3 is 6.09 Å².